The first-order chi connectivity index (χ1) is 13.1. The van der Waals surface area contributed by atoms with E-state index in [1.54, 1.807) is 11.3 Å². The third kappa shape index (κ3) is 3.51. The summed E-state index contributed by atoms with van der Waals surface area (Å²) in [6, 6.07) is 3.54. The van der Waals surface area contributed by atoms with Crippen LogP contribution >= 0.6 is 11.6 Å². The fraction of sp³-hybridized carbons (Fsp3) is 0.389. The summed E-state index contributed by atoms with van der Waals surface area (Å²) in [5, 5.41) is 21.1. The highest BCUT2D eigenvalue weighted by atomic mass is 35.5. The molecular formula is C18H17ClF3N5O. The Hall–Kier alpha value is -2.39. The first kappa shape index (κ1) is 18.9. The molecule has 1 saturated carbocycles. The lowest BCUT2D eigenvalue weighted by Crippen LogP contribution is -2.43. The van der Waals surface area contributed by atoms with Crippen LogP contribution in [0.25, 0.3) is 16.8 Å². The molecule has 1 aliphatic rings. The fourth-order valence-electron chi connectivity index (χ4n) is 3.67. The molecule has 2 N–H and O–H groups in total. The number of fused-ring (bicyclic) bond motifs is 1. The average molecular weight is 412 g/mol. The van der Waals surface area contributed by atoms with E-state index in [1.165, 1.54) is 24.7 Å². The molecule has 3 aromatic rings. The molecule has 148 valence electrons. The monoisotopic (exact) mass is 411 g/mol. The molecule has 0 spiro atoms. The lowest BCUT2D eigenvalue weighted by atomic mass is 9.72. The van der Waals surface area contributed by atoms with Gasteiger partial charge in [-0.25, -0.2) is 4.98 Å². The molecule has 0 bridgehead atoms. The molecule has 6 nitrogen and oxygen atoms in total. The van der Waals surface area contributed by atoms with Crippen molar-refractivity contribution in [1.29, 1.82) is 0 Å². The standard InChI is InChI=1S/C18H17ClF3N5O/c1-17(28)5-10(6-17)7-24-16-26-25-15(14-8-23-9-27(14)16)12-3-2-11(19)4-13(12)18(20,21)22/h2-4,8-10,28H,5-7H2,1H3,(H,24,26). The van der Waals surface area contributed by atoms with Gasteiger partial charge in [0.15, 0.2) is 0 Å². The summed E-state index contributed by atoms with van der Waals surface area (Å²) in [6.07, 6.45) is -0.318. The average Bonchev–Trinajstić information content (AvgIpc) is 3.07. The van der Waals surface area contributed by atoms with Crippen molar-refractivity contribution in [3.63, 3.8) is 0 Å². The topological polar surface area (TPSA) is 75.3 Å². The highest BCUT2D eigenvalue weighted by Crippen LogP contribution is 2.39. The third-order valence-electron chi connectivity index (χ3n) is 4.90. The Kier molecular flexibility index (Phi) is 4.46. The van der Waals surface area contributed by atoms with Gasteiger partial charge in [0.25, 0.3) is 0 Å². The first-order valence-electron chi connectivity index (χ1n) is 8.66. The number of aromatic nitrogens is 4. The van der Waals surface area contributed by atoms with Crippen LogP contribution in [0.5, 0.6) is 0 Å². The molecule has 4 rings (SSSR count). The molecule has 0 amide bonds. The summed E-state index contributed by atoms with van der Waals surface area (Å²) in [5.41, 5.74) is -1.16. The smallest absolute Gasteiger partial charge is 0.390 e. The van der Waals surface area contributed by atoms with Crippen LogP contribution in [-0.2, 0) is 6.18 Å². The molecule has 2 heterocycles. The van der Waals surface area contributed by atoms with Crippen molar-refractivity contribution >= 4 is 23.1 Å². The van der Waals surface area contributed by atoms with Crippen molar-refractivity contribution in [3.05, 3.63) is 41.3 Å². The zero-order valence-electron chi connectivity index (χ0n) is 14.8. The van der Waals surface area contributed by atoms with Crippen molar-refractivity contribution in [1.82, 2.24) is 19.6 Å². The first-order valence-corrected chi connectivity index (χ1v) is 9.04. The minimum absolute atomic E-state index is 0.0109. The van der Waals surface area contributed by atoms with E-state index >= 15 is 0 Å². The molecule has 1 aromatic carbocycles. The second-order valence-electron chi connectivity index (χ2n) is 7.36. The van der Waals surface area contributed by atoms with Crippen LogP contribution in [0.2, 0.25) is 5.02 Å². The number of nitrogens with zero attached hydrogens (tertiary/aromatic N) is 4. The van der Waals surface area contributed by atoms with E-state index in [4.69, 9.17) is 11.6 Å². The van der Waals surface area contributed by atoms with Gasteiger partial charge in [-0.3, -0.25) is 4.40 Å². The molecule has 2 aromatic heterocycles. The maximum atomic E-state index is 13.5. The van der Waals surface area contributed by atoms with Gasteiger partial charge in [0.05, 0.1) is 22.9 Å². The normalized spacial score (nSPS) is 22.3. The molecule has 0 atom stereocenters. The number of hydrogen-bond acceptors (Lipinski definition) is 5. The van der Waals surface area contributed by atoms with Crippen LogP contribution in [0, 0.1) is 5.92 Å². The van der Waals surface area contributed by atoms with Gasteiger partial charge in [-0.05, 0) is 37.8 Å². The van der Waals surface area contributed by atoms with Crippen molar-refractivity contribution in [2.24, 2.45) is 5.92 Å². The summed E-state index contributed by atoms with van der Waals surface area (Å²) in [4.78, 5) is 4.04. The second-order valence-corrected chi connectivity index (χ2v) is 7.80. The third-order valence-corrected chi connectivity index (χ3v) is 5.14. The van der Waals surface area contributed by atoms with Gasteiger partial charge >= 0.3 is 6.18 Å². The predicted octanol–water partition coefficient (Wildman–Crippen LogP) is 4.04. The van der Waals surface area contributed by atoms with Crippen LogP contribution in [-0.4, -0.2) is 36.8 Å². The number of anilines is 1. The van der Waals surface area contributed by atoms with Crippen molar-refractivity contribution in [2.45, 2.75) is 31.5 Å². The molecule has 1 aliphatic carbocycles. The molecule has 28 heavy (non-hydrogen) atoms. The quantitative estimate of drug-likeness (QED) is 0.677. The number of rotatable bonds is 4. The summed E-state index contributed by atoms with van der Waals surface area (Å²) < 4.78 is 42.0. The number of benzene rings is 1. The van der Waals surface area contributed by atoms with Gasteiger partial charge < -0.3 is 10.4 Å². The Morgan fingerprint density at radius 3 is 2.75 bits per heavy atom. The van der Waals surface area contributed by atoms with Crippen molar-refractivity contribution < 1.29 is 18.3 Å². The zero-order chi connectivity index (χ0) is 20.1. The van der Waals surface area contributed by atoms with Crippen molar-refractivity contribution in [2.75, 3.05) is 11.9 Å². The van der Waals surface area contributed by atoms with Crippen LogP contribution in [0.15, 0.2) is 30.7 Å². The van der Waals surface area contributed by atoms with Gasteiger partial charge in [0.1, 0.15) is 12.0 Å². The molecule has 0 aliphatic heterocycles. The Morgan fingerprint density at radius 1 is 1.32 bits per heavy atom. The van der Waals surface area contributed by atoms with Crippen LogP contribution in [0.3, 0.4) is 0 Å². The Morgan fingerprint density at radius 2 is 2.07 bits per heavy atom. The predicted molar refractivity (Wildman–Crippen MR) is 98.1 cm³/mol. The van der Waals surface area contributed by atoms with Gasteiger partial charge in [-0.1, -0.05) is 17.7 Å². The fourth-order valence-corrected chi connectivity index (χ4v) is 3.84. The van der Waals surface area contributed by atoms with Crippen molar-refractivity contribution in [3.8, 4) is 11.3 Å². The van der Waals surface area contributed by atoms with E-state index in [0.29, 0.717) is 36.8 Å². The second kappa shape index (κ2) is 6.59. The van der Waals surface area contributed by atoms with E-state index in [-0.39, 0.29) is 16.3 Å². The highest BCUT2D eigenvalue weighted by Gasteiger charge is 2.38. The number of aliphatic hydroxyl groups is 1. The van der Waals surface area contributed by atoms with Gasteiger partial charge in [-0.15, -0.1) is 10.2 Å². The number of imidazole rings is 1. The van der Waals surface area contributed by atoms with Crippen LogP contribution in [0.4, 0.5) is 19.1 Å². The zero-order valence-corrected chi connectivity index (χ0v) is 15.6. The molecule has 0 saturated heterocycles. The SMILES string of the molecule is CC1(O)CC(CNc2nnc(-c3ccc(Cl)cc3C(F)(F)F)c3cncn23)C1. The largest absolute Gasteiger partial charge is 0.417 e. The number of halogens is 4. The lowest BCUT2D eigenvalue weighted by Gasteiger charge is -2.41. The van der Waals surface area contributed by atoms with Gasteiger partial charge in [0, 0.05) is 17.1 Å². The summed E-state index contributed by atoms with van der Waals surface area (Å²) in [7, 11) is 0. The molecular weight excluding hydrogens is 395 g/mol. The lowest BCUT2D eigenvalue weighted by molar-refractivity contribution is -0.137. The Bertz CT molecular complexity index is 1030. The minimum Gasteiger partial charge on any atom is -0.390 e. The van der Waals surface area contributed by atoms with Gasteiger partial charge in [0.2, 0.25) is 5.95 Å². The van der Waals surface area contributed by atoms with Crippen LogP contribution < -0.4 is 5.32 Å². The van der Waals surface area contributed by atoms with E-state index in [2.05, 4.69) is 20.5 Å². The molecule has 0 unspecified atom stereocenters. The highest BCUT2D eigenvalue weighted by molar-refractivity contribution is 6.30. The number of hydrogen-bond donors (Lipinski definition) is 2. The molecule has 0 radical (unpaired) electrons. The van der Waals surface area contributed by atoms with Crippen LogP contribution in [0.1, 0.15) is 25.3 Å². The van der Waals surface area contributed by atoms with Gasteiger partial charge in [-0.2, -0.15) is 13.2 Å². The summed E-state index contributed by atoms with van der Waals surface area (Å²) in [6.45, 7) is 2.36. The van der Waals surface area contributed by atoms with E-state index in [9.17, 15) is 18.3 Å². The summed E-state index contributed by atoms with van der Waals surface area (Å²) in [5.74, 6) is 0.675. The Balaban J connectivity index is 1.69. The maximum absolute atomic E-state index is 13.5. The van der Waals surface area contributed by atoms with E-state index in [0.717, 1.165) is 6.07 Å². The van der Waals surface area contributed by atoms with E-state index < -0.39 is 17.3 Å². The number of alkyl halides is 3. The Labute approximate surface area is 163 Å². The maximum Gasteiger partial charge on any atom is 0.417 e. The molecule has 10 heteroatoms. The van der Waals surface area contributed by atoms with E-state index in [1.807, 2.05) is 0 Å². The summed E-state index contributed by atoms with van der Waals surface area (Å²) >= 11 is 5.76. The minimum atomic E-state index is -4.59. The number of nitrogens with one attached hydrogen (secondary N) is 1. The molecule has 1 fully saturated rings.